The molecule has 0 spiro atoms. The van der Waals surface area contributed by atoms with Crippen molar-refractivity contribution in [2.24, 2.45) is 5.84 Å². The van der Waals surface area contributed by atoms with Crippen molar-refractivity contribution in [2.75, 3.05) is 0 Å². The number of carbonyl (C=O) groups excluding carboxylic acids is 1. The van der Waals surface area contributed by atoms with Gasteiger partial charge in [0, 0.05) is 23.0 Å². The molecule has 17 heavy (non-hydrogen) atoms. The lowest BCUT2D eigenvalue weighted by atomic mass is 10.3. The van der Waals surface area contributed by atoms with Crippen molar-refractivity contribution in [3.05, 3.63) is 33.8 Å². The zero-order chi connectivity index (χ0) is 12.3. The van der Waals surface area contributed by atoms with Gasteiger partial charge in [0.25, 0.3) is 5.91 Å². The van der Waals surface area contributed by atoms with E-state index in [1.807, 2.05) is 13.0 Å². The van der Waals surface area contributed by atoms with Crippen LogP contribution in [-0.4, -0.2) is 15.9 Å². The van der Waals surface area contributed by atoms with Crippen LogP contribution in [0.4, 0.5) is 0 Å². The second kappa shape index (κ2) is 5.35. The zero-order valence-corrected chi connectivity index (χ0v) is 10.8. The summed E-state index contributed by atoms with van der Waals surface area (Å²) >= 11 is 3.05. The molecule has 0 unspecified atom stereocenters. The fourth-order valence-corrected chi connectivity index (χ4v) is 3.24. The SMILES string of the molecule is Cc1sc(C(=O)NN)cc1CSc1ncc[nH]1. The number of aromatic amines is 1. The van der Waals surface area contributed by atoms with E-state index >= 15 is 0 Å². The van der Waals surface area contributed by atoms with Crippen molar-refractivity contribution in [3.63, 3.8) is 0 Å². The summed E-state index contributed by atoms with van der Waals surface area (Å²) in [6.07, 6.45) is 3.51. The molecule has 0 fully saturated rings. The smallest absolute Gasteiger partial charge is 0.275 e. The number of hydrazine groups is 1. The van der Waals surface area contributed by atoms with Crippen LogP contribution in [0.25, 0.3) is 0 Å². The summed E-state index contributed by atoms with van der Waals surface area (Å²) < 4.78 is 0. The van der Waals surface area contributed by atoms with Gasteiger partial charge in [-0.1, -0.05) is 11.8 Å². The Labute approximate surface area is 107 Å². The standard InChI is InChI=1S/C10H12N4OS2/c1-6-7(4-8(17-6)9(15)14-11)5-16-10-12-2-3-13-10/h2-4H,5,11H2,1H3,(H,12,13)(H,14,15). The summed E-state index contributed by atoms with van der Waals surface area (Å²) in [5.41, 5.74) is 3.27. The molecule has 2 rings (SSSR count). The van der Waals surface area contributed by atoms with Crippen LogP contribution < -0.4 is 11.3 Å². The van der Waals surface area contributed by atoms with Crippen LogP contribution in [-0.2, 0) is 5.75 Å². The number of carbonyl (C=O) groups is 1. The number of H-pyrrole nitrogens is 1. The lowest BCUT2D eigenvalue weighted by Gasteiger charge is -1.96. The maximum atomic E-state index is 11.4. The van der Waals surface area contributed by atoms with E-state index in [1.165, 1.54) is 11.3 Å². The largest absolute Gasteiger partial charge is 0.340 e. The Balaban J connectivity index is 2.06. The third-order valence-corrected chi connectivity index (χ3v) is 4.26. The van der Waals surface area contributed by atoms with E-state index in [0.29, 0.717) is 4.88 Å². The molecular weight excluding hydrogens is 256 g/mol. The van der Waals surface area contributed by atoms with Crippen LogP contribution in [0.2, 0.25) is 0 Å². The molecule has 90 valence electrons. The molecule has 2 aromatic rings. The molecule has 0 radical (unpaired) electrons. The molecule has 0 saturated heterocycles. The number of rotatable bonds is 4. The van der Waals surface area contributed by atoms with Crippen LogP contribution >= 0.6 is 23.1 Å². The van der Waals surface area contributed by atoms with Crippen molar-refractivity contribution in [1.29, 1.82) is 0 Å². The van der Waals surface area contributed by atoms with Crippen LogP contribution in [0.3, 0.4) is 0 Å². The number of nitrogens with one attached hydrogen (secondary N) is 2. The molecule has 7 heteroatoms. The Morgan fingerprint density at radius 3 is 3.18 bits per heavy atom. The molecule has 2 aromatic heterocycles. The number of hydrogen-bond donors (Lipinski definition) is 3. The van der Waals surface area contributed by atoms with E-state index in [4.69, 9.17) is 5.84 Å². The van der Waals surface area contributed by atoms with Crippen molar-refractivity contribution in [2.45, 2.75) is 17.8 Å². The Morgan fingerprint density at radius 1 is 1.71 bits per heavy atom. The number of imidazole rings is 1. The lowest BCUT2D eigenvalue weighted by Crippen LogP contribution is -2.29. The summed E-state index contributed by atoms with van der Waals surface area (Å²) in [4.78, 5) is 20.3. The number of nitrogens with two attached hydrogens (primary N) is 1. The molecule has 2 heterocycles. The van der Waals surface area contributed by atoms with Crippen LogP contribution in [0, 0.1) is 6.92 Å². The van der Waals surface area contributed by atoms with Gasteiger partial charge in [0.1, 0.15) is 0 Å². The predicted octanol–water partition coefficient (Wildman–Crippen LogP) is 1.68. The summed E-state index contributed by atoms with van der Waals surface area (Å²) in [6, 6.07) is 1.87. The number of nitrogen functional groups attached to an aromatic ring is 1. The van der Waals surface area contributed by atoms with Crippen LogP contribution in [0.15, 0.2) is 23.6 Å². The second-order valence-electron chi connectivity index (χ2n) is 3.35. The molecule has 4 N–H and O–H groups in total. The first-order valence-electron chi connectivity index (χ1n) is 4.93. The molecule has 0 aliphatic rings. The summed E-state index contributed by atoms with van der Waals surface area (Å²) in [5.74, 6) is 5.64. The molecule has 0 aliphatic heterocycles. The molecule has 5 nitrogen and oxygen atoms in total. The minimum absolute atomic E-state index is 0.243. The summed E-state index contributed by atoms with van der Waals surface area (Å²) in [6.45, 7) is 2.00. The van der Waals surface area contributed by atoms with Gasteiger partial charge in [-0.3, -0.25) is 10.2 Å². The van der Waals surface area contributed by atoms with Gasteiger partial charge in [0.15, 0.2) is 5.16 Å². The van der Waals surface area contributed by atoms with Gasteiger partial charge in [-0.15, -0.1) is 11.3 Å². The van der Waals surface area contributed by atoms with Gasteiger partial charge in [0.05, 0.1) is 4.88 Å². The lowest BCUT2D eigenvalue weighted by molar-refractivity contribution is 0.0957. The maximum absolute atomic E-state index is 11.4. The average molecular weight is 268 g/mol. The molecule has 0 aromatic carbocycles. The molecule has 0 atom stereocenters. The Bertz CT molecular complexity index is 506. The van der Waals surface area contributed by atoms with Gasteiger partial charge >= 0.3 is 0 Å². The first-order valence-corrected chi connectivity index (χ1v) is 6.73. The third-order valence-electron chi connectivity index (χ3n) is 2.21. The highest BCUT2D eigenvalue weighted by Gasteiger charge is 2.11. The number of thioether (sulfide) groups is 1. The summed E-state index contributed by atoms with van der Waals surface area (Å²) in [5, 5.41) is 0.875. The van der Waals surface area contributed by atoms with E-state index in [-0.39, 0.29) is 5.91 Å². The van der Waals surface area contributed by atoms with Crippen molar-refractivity contribution in [1.82, 2.24) is 15.4 Å². The van der Waals surface area contributed by atoms with Crippen molar-refractivity contribution < 1.29 is 4.79 Å². The highest BCUT2D eigenvalue weighted by molar-refractivity contribution is 7.98. The van der Waals surface area contributed by atoms with Gasteiger partial charge in [0.2, 0.25) is 0 Å². The topological polar surface area (TPSA) is 83.8 Å². The minimum Gasteiger partial charge on any atom is -0.340 e. The molecule has 0 saturated carbocycles. The number of thiophene rings is 1. The monoisotopic (exact) mass is 268 g/mol. The predicted molar refractivity (Wildman–Crippen MR) is 68.9 cm³/mol. The minimum atomic E-state index is -0.243. The first-order chi connectivity index (χ1) is 8.20. The number of nitrogens with zero attached hydrogens (tertiary/aromatic N) is 1. The van der Waals surface area contributed by atoms with Gasteiger partial charge in [-0.05, 0) is 18.6 Å². The number of hydrogen-bond acceptors (Lipinski definition) is 5. The highest BCUT2D eigenvalue weighted by Crippen LogP contribution is 2.27. The summed E-state index contributed by atoms with van der Waals surface area (Å²) in [7, 11) is 0. The van der Waals surface area contributed by atoms with Crippen LogP contribution in [0.1, 0.15) is 20.1 Å². The molecule has 0 bridgehead atoms. The number of amides is 1. The zero-order valence-electron chi connectivity index (χ0n) is 9.19. The second-order valence-corrected chi connectivity index (χ2v) is 5.57. The number of aromatic nitrogens is 2. The quantitative estimate of drug-likeness (QED) is 0.341. The van der Waals surface area contributed by atoms with Gasteiger partial charge in [-0.2, -0.15) is 0 Å². The van der Waals surface area contributed by atoms with E-state index in [0.717, 1.165) is 21.3 Å². The highest BCUT2D eigenvalue weighted by atomic mass is 32.2. The molecule has 1 amide bonds. The van der Waals surface area contributed by atoms with Crippen molar-refractivity contribution in [3.8, 4) is 0 Å². The van der Waals surface area contributed by atoms with Gasteiger partial charge < -0.3 is 4.98 Å². The Kier molecular flexibility index (Phi) is 3.82. The van der Waals surface area contributed by atoms with Crippen molar-refractivity contribution >= 4 is 29.0 Å². The van der Waals surface area contributed by atoms with E-state index in [2.05, 4.69) is 15.4 Å². The third kappa shape index (κ3) is 2.87. The van der Waals surface area contributed by atoms with E-state index in [1.54, 1.807) is 24.2 Å². The first kappa shape index (κ1) is 12.2. The Morgan fingerprint density at radius 2 is 2.53 bits per heavy atom. The fraction of sp³-hybridized carbons (Fsp3) is 0.200. The normalized spacial score (nSPS) is 10.5. The molecule has 0 aliphatic carbocycles. The molecular formula is C10H12N4OS2. The Hall–Kier alpha value is -1.31. The van der Waals surface area contributed by atoms with E-state index < -0.39 is 0 Å². The van der Waals surface area contributed by atoms with E-state index in [9.17, 15) is 4.79 Å². The van der Waals surface area contributed by atoms with Gasteiger partial charge in [-0.25, -0.2) is 10.8 Å². The average Bonchev–Trinajstić information content (AvgIpc) is 2.95. The van der Waals surface area contributed by atoms with Crippen LogP contribution in [0.5, 0.6) is 0 Å². The number of aryl methyl sites for hydroxylation is 1. The fourth-order valence-electron chi connectivity index (χ4n) is 1.32. The maximum Gasteiger partial charge on any atom is 0.275 e.